The van der Waals surface area contributed by atoms with E-state index in [2.05, 4.69) is 31.0 Å². The molecule has 1 N–H and O–H groups in total. The van der Waals surface area contributed by atoms with Gasteiger partial charge in [0.2, 0.25) is 11.8 Å². The molecule has 0 spiro atoms. The predicted molar refractivity (Wildman–Crippen MR) is 158 cm³/mol. The average Bonchev–Trinajstić information content (AvgIpc) is 2.89. The number of carbonyl (C=O) groups is 4. The summed E-state index contributed by atoms with van der Waals surface area (Å²) < 4.78 is 5.43. The normalized spacial score (nSPS) is 16.9. The van der Waals surface area contributed by atoms with Gasteiger partial charge in [0.05, 0.1) is 0 Å². The topological polar surface area (TPSA) is 99.3 Å². The Morgan fingerprint density at radius 1 is 0.949 bits per heavy atom. The molecule has 0 aliphatic carbocycles. The van der Waals surface area contributed by atoms with Gasteiger partial charge in [0.25, 0.3) is 5.91 Å². The molecular formula is C30H52N4O5. The minimum absolute atomic E-state index is 0.224. The zero-order valence-corrected chi connectivity index (χ0v) is 26.1. The fraction of sp³-hybridized carbons (Fsp3) is 0.667. The molecule has 1 aromatic carbocycles. The van der Waals surface area contributed by atoms with Gasteiger partial charge < -0.3 is 19.4 Å². The first-order chi connectivity index (χ1) is 18.3. The number of imide groups is 1. The van der Waals surface area contributed by atoms with Crippen LogP contribution in [0.25, 0.3) is 0 Å². The van der Waals surface area contributed by atoms with Crippen molar-refractivity contribution >= 4 is 29.5 Å². The Bertz CT molecular complexity index is 898. The van der Waals surface area contributed by atoms with Crippen molar-refractivity contribution in [3.05, 3.63) is 29.8 Å². The number of hydrogen-bond acceptors (Lipinski definition) is 6. The van der Waals surface area contributed by atoms with Gasteiger partial charge in [0, 0.05) is 50.9 Å². The molecule has 0 bridgehead atoms. The van der Waals surface area contributed by atoms with Gasteiger partial charge in [-0.1, -0.05) is 48.5 Å². The fourth-order valence-corrected chi connectivity index (χ4v) is 3.69. The summed E-state index contributed by atoms with van der Waals surface area (Å²) >= 11 is 0. The lowest BCUT2D eigenvalue weighted by atomic mass is 10.0. The molecule has 2 aliphatic heterocycles. The first-order valence-electron chi connectivity index (χ1n) is 14.2. The molecular weight excluding hydrogens is 496 g/mol. The second-order valence-electron chi connectivity index (χ2n) is 10.6. The van der Waals surface area contributed by atoms with Crippen LogP contribution < -0.4 is 10.2 Å². The standard InChI is InChI=1S/C22H30N4O5.C4H10.2C2H6/c1-22(2,3)31-21(30)26-13-11-25(12-14-26)16-7-5-15(6-8-16)20(29)24(4)17-9-10-18(27)23-19(17)28;1-4(2)3;2*1-2/h5-8,17H,9-14H2,1-4H3,(H,23,27,28);4H,1-3H3;2*1-2H3. The molecule has 2 aliphatic rings. The Balaban J connectivity index is 0.00000162. The SMILES string of the molecule is CC.CC.CC(C)C.CN(C(=O)c1ccc(N2CCN(C(=O)OC(C)(C)C)CC2)cc1)C1CCC(=O)NC1=O. The summed E-state index contributed by atoms with van der Waals surface area (Å²) in [4.78, 5) is 53.6. The molecule has 3 rings (SSSR count). The van der Waals surface area contributed by atoms with Gasteiger partial charge in [-0.2, -0.15) is 0 Å². The summed E-state index contributed by atoms with van der Waals surface area (Å²) in [6, 6.07) is 6.56. The van der Waals surface area contributed by atoms with Crippen LogP contribution in [0.2, 0.25) is 0 Å². The number of hydrogen-bond donors (Lipinski definition) is 1. The maximum absolute atomic E-state index is 12.8. The first kappa shape index (κ1) is 35.9. The Hall–Kier alpha value is -3.10. The second kappa shape index (κ2) is 17.5. The number of anilines is 1. The van der Waals surface area contributed by atoms with E-state index < -0.39 is 17.6 Å². The molecule has 9 nitrogen and oxygen atoms in total. The highest BCUT2D eigenvalue weighted by Gasteiger charge is 2.32. The molecule has 2 saturated heterocycles. The average molecular weight is 549 g/mol. The number of nitrogens with zero attached hydrogens (tertiary/aromatic N) is 3. The van der Waals surface area contributed by atoms with Crippen LogP contribution >= 0.6 is 0 Å². The molecule has 39 heavy (non-hydrogen) atoms. The van der Waals surface area contributed by atoms with Crippen molar-refractivity contribution < 1.29 is 23.9 Å². The van der Waals surface area contributed by atoms with E-state index in [-0.39, 0.29) is 24.3 Å². The number of nitrogens with one attached hydrogen (secondary N) is 1. The van der Waals surface area contributed by atoms with E-state index >= 15 is 0 Å². The van der Waals surface area contributed by atoms with E-state index in [0.717, 1.165) is 11.6 Å². The van der Waals surface area contributed by atoms with Crippen LogP contribution in [0.1, 0.15) is 92.4 Å². The molecule has 222 valence electrons. The number of ether oxygens (including phenoxy) is 1. The quantitative estimate of drug-likeness (QED) is 0.512. The van der Waals surface area contributed by atoms with Crippen molar-refractivity contribution in [3.63, 3.8) is 0 Å². The van der Waals surface area contributed by atoms with Gasteiger partial charge in [0.1, 0.15) is 11.6 Å². The fourth-order valence-electron chi connectivity index (χ4n) is 3.69. The van der Waals surface area contributed by atoms with Gasteiger partial charge in [-0.05, 0) is 57.4 Å². The molecule has 0 aromatic heterocycles. The number of carbonyl (C=O) groups excluding carboxylic acids is 4. The minimum Gasteiger partial charge on any atom is -0.444 e. The van der Waals surface area contributed by atoms with Gasteiger partial charge in [-0.15, -0.1) is 0 Å². The number of piperidine rings is 1. The maximum atomic E-state index is 12.8. The van der Waals surface area contributed by atoms with Crippen LogP contribution in [-0.2, 0) is 14.3 Å². The lowest BCUT2D eigenvalue weighted by molar-refractivity contribution is -0.136. The van der Waals surface area contributed by atoms with Crippen LogP contribution in [0.4, 0.5) is 10.5 Å². The smallest absolute Gasteiger partial charge is 0.410 e. The summed E-state index contributed by atoms with van der Waals surface area (Å²) in [6.45, 7) is 22.5. The predicted octanol–water partition coefficient (Wildman–Crippen LogP) is 5.34. The lowest BCUT2D eigenvalue weighted by Crippen LogP contribution is -2.52. The van der Waals surface area contributed by atoms with Crippen molar-refractivity contribution in [2.24, 2.45) is 5.92 Å². The third-order valence-corrected chi connectivity index (χ3v) is 5.41. The summed E-state index contributed by atoms with van der Waals surface area (Å²) in [5.41, 5.74) is 0.921. The van der Waals surface area contributed by atoms with Crippen LogP contribution in [0.3, 0.4) is 0 Å². The number of benzene rings is 1. The van der Waals surface area contributed by atoms with Crippen molar-refractivity contribution in [3.8, 4) is 0 Å². The minimum atomic E-state index is -0.647. The highest BCUT2D eigenvalue weighted by Crippen LogP contribution is 2.20. The molecule has 1 atom stereocenters. The van der Waals surface area contributed by atoms with Crippen molar-refractivity contribution in [1.29, 1.82) is 0 Å². The van der Waals surface area contributed by atoms with Gasteiger partial charge in [-0.3, -0.25) is 19.7 Å². The molecule has 1 aromatic rings. The van der Waals surface area contributed by atoms with Gasteiger partial charge in [0.15, 0.2) is 0 Å². The van der Waals surface area contributed by atoms with E-state index in [1.54, 1.807) is 24.1 Å². The van der Waals surface area contributed by atoms with Crippen LogP contribution in [-0.4, -0.2) is 78.5 Å². The number of piperazine rings is 1. The zero-order chi connectivity index (χ0) is 30.3. The molecule has 0 radical (unpaired) electrons. The van der Waals surface area contributed by atoms with Crippen LogP contribution in [0, 0.1) is 5.92 Å². The largest absolute Gasteiger partial charge is 0.444 e. The Labute approximate surface area is 236 Å². The monoisotopic (exact) mass is 548 g/mol. The van der Waals surface area contributed by atoms with E-state index in [9.17, 15) is 19.2 Å². The Kier molecular flexibility index (Phi) is 16.1. The Morgan fingerprint density at radius 3 is 1.87 bits per heavy atom. The van der Waals surface area contributed by atoms with Crippen LogP contribution in [0.15, 0.2) is 24.3 Å². The lowest BCUT2D eigenvalue weighted by Gasteiger charge is -2.36. The summed E-state index contributed by atoms with van der Waals surface area (Å²) in [5, 5.41) is 2.28. The van der Waals surface area contributed by atoms with Gasteiger partial charge >= 0.3 is 6.09 Å². The Morgan fingerprint density at radius 2 is 1.44 bits per heavy atom. The highest BCUT2D eigenvalue weighted by molar-refractivity contribution is 6.03. The summed E-state index contributed by atoms with van der Waals surface area (Å²) in [7, 11) is 1.58. The second-order valence-corrected chi connectivity index (χ2v) is 10.6. The molecule has 2 heterocycles. The number of likely N-dealkylation sites (N-methyl/N-ethyl adjacent to an activating group) is 1. The molecule has 2 fully saturated rings. The molecule has 4 amide bonds. The number of rotatable bonds is 3. The van der Waals surface area contributed by atoms with E-state index in [4.69, 9.17) is 4.74 Å². The molecule has 9 heteroatoms. The highest BCUT2D eigenvalue weighted by atomic mass is 16.6. The van der Waals surface area contributed by atoms with E-state index in [0.29, 0.717) is 38.2 Å². The molecule has 0 saturated carbocycles. The van der Waals surface area contributed by atoms with E-state index in [1.807, 2.05) is 60.6 Å². The summed E-state index contributed by atoms with van der Waals surface area (Å²) in [5.74, 6) is -0.180. The third-order valence-electron chi connectivity index (χ3n) is 5.41. The van der Waals surface area contributed by atoms with E-state index in [1.165, 1.54) is 4.90 Å². The van der Waals surface area contributed by atoms with Crippen LogP contribution in [0.5, 0.6) is 0 Å². The first-order valence-corrected chi connectivity index (χ1v) is 14.2. The summed E-state index contributed by atoms with van der Waals surface area (Å²) in [6.07, 6.45) is 0.249. The molecule has 1 unspecified atom stereocenters. The van der Waals surface area contributed by atoms with Crippen molar-refractivity contribution in [2.45, 2.75) is 93.7 Å². The third kappa shape index (κ3) is 12.5. The number of amides is 4. The zero-order valence-electron chi connectivity index (χ0n) is 26.1. The van der Waals surface area contributed by atoms with Crippen molar-refractivity contribution in [2.75, 3.05) is 38.1 Å². The maximum Gasteiger partial charge on any atom is 0.410 e. The van der Waals surface area contributed by atoms with Gasteiger partial charge in [-0.25, -0.2) is 4.79 Å². The van der Waals surface area contributed by atoms with Crippen molar-refractivity contribution in [1.82, 2.24) is 15.1 Å².